The van der Waals surface area contributed by atoms with Crippen LogP contribution in [-0.4, -0.2) is 22.8 Å². The number of anilines is 1. The number of amides is 4. The van der Waals surface area contributed by atoms with Gasteiger partial charge in [0.1, 0.15) is 17.9 Å². The van der Waals surface area contributed by atoms with Crippen LogP contribution in [0, 0.1) is 10.1 Å². The van der Waals surface area contributed by atoms with Gasteiger partial charge in [-0.15, -0.1) is 0 Å². The lowest BCUT2D eigenvalue weighted by Crippen LogP contribution is -2.54. The van der Waals surface area contributed by atoms with Crippen molar-refractivity contribution in [3.8, 4) is 5.75 Å². The molecule has 0 atom stereocenters. The van der Waals surface area contributed by atoms with Crippen LogP contribution in [0.4, 0.5) is 16.2 Å². The molecule has 34 heavy (non-hydrogen) atoms. The molecule has 4 amide bonds. The summed E-state index contributed by atoms with van der Waals surface area (Å²) in [6, 6.07) is 17.9. The highest BCUT2D eigenvalue weighted by atomic mass is 35.5. The number of nitro benzene ring substituents is 1. The normalized spacial score (nSPS) is 14.8. The number of rotatable bonds is 6. The summed E-state index contributed by atoms with van der Waals surface area (Å²) in [5.74, 6) is -1.13. The van der Waals surface area contributed by atoms with Crippen molar-refractivity contribution in [3.05, 3.63) is 105 Å². The van der Waals surface area contributed by atoms with Gasteiger partial charge >= 0.3 is 6.03 Å². The SMILES string of the molecule is O=C1NC(=O)N(c2ccc([N+](=O)[O-])cc2)C(=O)/C1=C/c1ccc(OCc2ccccc2Cl)cc1. The molecule has 0 bridgehead atoms. The summed E-state index contributed by atoms with van der Waals surface area (Å²) in [6.45, 7) is 0.271. The number of carbonyl (C=O) groups is 3. The van der Waals surface area contributed by atoms with E-state index in [9.17, 15) is 24.5 Å². The maximum Gasteiger partial charge on any atom is 0.335 e. The molecule has 1 aliphatic heterocycles. The highest BCUT2D eigenvalue weighted by Crippen LogP contribution is 2.25. The van der Waals surface area contributed by atoms with E-state index in [1.807, 2.05) is 18.2 Å². The minimum absolute atomic E-state index is 0.0924. The highest BCUT2D eigenvalue weighted by molar-refractivity contribution is 6.39. The van der Waals surface area contributed by atoms with Crippen LogP contribution in [-0.2, 0) is 16.2 Å². The van der Waals surface area contributed by atoms with Crippen LogP contribution in [0.15, 0.2) is 78.4 Å². The third-order valence-electron chi connectivity index (χ3n) is 4.96. The molecule has 1 N–H and O–H groups in total. The van der Waals surface area contributed by atoms with Crippen molar-refractivity contribution < 1.29 is 24.0 Å². The number of urea groups is 1. The number of hydrogen-bond acceptors (Lipinski definition) is 6. The van der Waals surface area contributed by atoms with Crippen molar-refractivity contribution in [1.29, 1.82) is 0 Å². The van der Waals surface area contributed by atoms with E-state index in [-0.39, 0.29) is 23.6 Å². The molecule has 4 rings (SSSR count). The fraction of sp³-hybridized carbons (Fsp3) is 0.0417. The molecular weight excluding hydrogens is 462 g/mol. The molecule has 1 aliphatic rings. The average molecular weight is 478 g/mol. The second-order valence-corrected chi connectivity index (χ2v) is 7.59. The van der Waals surface area contributed by atoms with Crippen LogP contribution in [0.3, 0.4) is 0 Å². The number of nitrogens with one attached hydrogen (secondary N) is 1. The van der Waals surface area contributed by atoms with Gasteiger partial charge in [-0.3, -0.25) is 25.0 Å². The Labute approximate surface area is 198 Å². The number of non-ortho nitro benzene ring substituents is 1. The average Bonchev–Trinajstić information content (AvgIpc) is 2.82. The van der Waals surface area contributed by atoms with Crippen LogP contribution in [0.25, 0.3) is 6.08 Å². The first-order valence-electron chi connectivity index (χ1n) is 9.95. The van der Waals surface area contributed by atoms with Gasteiger partial charge in [-0.1, -0.05) is 41.9 Å². The van der Waals surface area contributed by atoms with E-state index in [1.165, 1.54) is 18.2 Å². The molecule has 1 fully saturated rings. The van der Waals surface area contributed by atoms with Gasteiger partial charge in [0.2, 0.25) is 0 Å². The number of carbonyl (C=O) groups excluding carboxylic acids is 3. The molecule has 170 valence electrons. The second kappa shape index (κ2) is 9.55. The van der Waals surface area contributed by atoms with Crippen LogP contribution < -0.4 is 15.0 Å². The molecule has 10 heteroatoms. The smallest absolute Gasteiger partial charge is 0.335 e. The van der Waals surface area contributed by atoms with Gasteiger partial charge in [-0.05, 0) is 42.0 Å². The van der Waals surface area contributed by atoms with Crippen molar-refractivity contribution in [2.24, 2.45) is 0 Å². The summed E-state index contributed by atoms with van der Waals surface area (Å²) in [5.41, 5.74) is 0.993. The van der Waals surface area contributed by atoms with Crippen molar-refractivity contribution in [1.82, 2.24) is 5.32 Å². The van der Waals surface area contributed by atoms with E-state index in [1.54, 1.807) is 30.3 Å². The zero-order chi connectivity index (χ0) is 24.2. The van der Waals surface area contributed by atoms with Gasteiger partial charge in [-0.2, -0.15) is 0 Å². The molecule has 0 aliphatic carbocycles. The maximum absolute atomic E-state index is 12.9. The molecule has 0 saturated carbocycles. The Balaban J connectivity index is 1.52. The first-order valence-corrected chi connectivity index (χ1v) is 10.3. The summed E-state index contributed by atoms with van der Waals surface area (Å²) in [6.07, 6.45) is 1.35. The number of benzene rings is 3. The molecule has 3 aromatic carbocycles. The topological polar surface area (TPSA) is 119 Å². The first-order chi connectivity index (χ1) is 16.3. The van der Waals surface area contributed by atoms with Gasteiger partial charge in [-0.25, -0.2) is 9.69 Å². The van der Waals surface area contributed by atoms with Crippen LogP contribution in [0.5, 0.6) is 5.75 Å². The van der Waals surface area contributed by atoms with Crippen LogP contribution in [0.2, 0.25) is 5.02 Å². The second-order valence-electron chi connectivity index (χ2n) is 7.18. The van der Waals surface area contributed by atoms with Crippen molar-refractivity contribution in [3.63, 3.8) is 0 Å². The Hall–Kier alpha value is -4.50. The number of ether oxygens (including phenoxy) is 1. The standard InChI is InChI=1S/C24H16ClN3O6/c25-21-4-2-1-3-16(21)14-34-19-11-5-15(6-12-19)13-20-22(29)26-24(31)27(23(20)30)17-7-9-18(10-8-17)28(32)33/h1-13H,14H2,(H,26,29,31)/b20-13+. The first kappa shape index (κ1) is 22.7. The maximum atomic E-state index is 12.9. The third-order valence-corrected chi connectivity index (χ3v) is 5.33. The van der Waals surface area contributed by atoms with Crippen LogP contribution >= 0.6 is 11.6 Å². The molecule has 0 aromatic heterocycles. The number of nitro groups is 1. The fourth-order valence-electron chi connectivity index (χ4n) is 3.22. The number of imide groups is 2. The van der Waals surface area contributed by atoms with Gasteiger partial charge in [0.15, 0.2) is 0 Å². The Bertz CT molecular complexity index is 1320. The van der Waals surface area contributed by atoms with Gasteiger partial charge in [0.25, 0.3) is 17.5 Å². The summed E-state index contributed by atoms with van der Waals surface area (Å²) in [4.78, 5) is 48.5. The zero-order valence-corrected chi connectivity index (χ0v) is 18.2. The summed E-state index contributed by atoms with van der Waals surface area (Å²) < 4.78 is 5.72. The quantitative estimate of drug-likeness (QED) is 0.242. The summed E-state index contributed by atoms with van der Waals surface area (Å²) in [5, 5.41) is 13.5. The molecule has 9 nitrogen and oxygen atoms in total. The highest BCUT2D eigenvalue weighted by Gasteiger charge is 2.36. The predicted molar refractivity (Wildman–Crippen MR) is 124 cm³/mol. The van der Waals surface area contributed by atoms with E-state index < -0.39 is 22.8 Å². The van der Waals surface area contributed by atoms with Gasteiger partial charge in [0.05, 0.1) is 10.6 Å². The molecular formula is C24H16ClN3O6. The lowest BCUT2D eigenvalue weighted by molar-refractivity contribution is -0.384. The minimum Gasteiger partial charge on any atom is -0.489 e. The largest absolute Gasteiger partial charge is 0.489 e. The van der Waals surface area contributed by atoms with E-state index in [4.69, 9.17) is 16.3 Å². The number of halogens is 1. The molecule has 1 saturated heterocycles. The van der Waals surface area contributed by atoms with E-state index in [0.717, 1.165) is 22.6 Å². The Kier molecular flexibility index (Phi) is 6.37. The van der Waals surface area contributed by atoms with Gasteiger partial charge in [0, 0.05) is 22.7 Å². The molecule has 0 radical (unpaired) electrons. The zero-order valence-electron chi connectivity index (χ0n) is 17.4. The van der Waals surface area contributed by atoms with E-state index >= 15 is 0 Å². The van der Waals surface area contributed by atoms with E-state index in [0.29, 0.717) is 16.3 Å². The minimum atomic E-state index is -0.940. The van der Waals surface area contributed by atoms with E-state index in [2.05, 4.69) is 5.32 Å². The Morgan fingerprint density at radius 3 is 2.29 bits per heavy atom. The van der Waals surface area contributed by atoms with Crippen molar-refractivity contribution in [2.75, 3.05) is 4.90 Å². The predicted octanol–water partition coefficient (Wildman–Crippen LogP) is 4.49. The van der Waals surface area contributed by atoms with Gasteiger partial charge < -0.3 is 4.74 Å². The van der Waals surface area contributed by atoms with Crippen molar-refractivity contribution in [2.45, 2.75) is 6.61 Å². The molecule has 0 unspecified atom stereocenters. The summed E-state index contributed by atoms with van der Waals surface area (Å²) >= 11 is 6.12. The lowest BCUT2D eigenvalue weighted by Gasteiger charge is -2.26. The van der Waals surface area contributed by atoms with Crippen LogP contribution in [0.1, 0.15) is 11.1 Å². The Morgan fingerprint density at radius 2 is 1.65 bits per heavy atom. The molecule has 1 heterocycles. The Morgan fingerprint density at radius 1 is 0.971 bits per heavy atom. The molecule has 0 spiro atoms. The van der Waals surface area contributed by atoms with Crippen molar-refractivity contribution >= 4 is 46.9 Å². The number of barbiturate groups is 1. The molecule has 3 aromatic rings. The fourth-order valence-corrected chi connectivity index (χ4v) is 3.41. The number of hydrogen-bond donors (Lipinski definition) is 1. The number of nitrogens with zero attached hydrogens (tertiary/aromatic N) is 2. The lowest BCUT2D eigenvalue weighted by atomic mass is 10.1. The summed E-state index contributed by atoms with van der Waals surface area (Å²) in [7, 11) is 0. The third kappa shape index (κ3) is 4.79. The monoisotopic (exact) mass is 477 g/mol.